The molecule has 0 aromatic carbocycles. The summed E-state index contributed by atoms with van der Waals surface area (Å²) in [5.41, 5.74) is 0. The number of rotatable bonds is 4. The molecule has 1 heterocycles. The van der Waals surface area contributed by atoms with Gasteiger partial charge in [0.25, 0.3) is 0 Å². The molecule has 86 valence electrons. The van der Waals surface area contributed by atoms with E-state index in [2.05, 4.69) is 21.1 Å². The van der Waals surface area contributed by atoms with Gasteiger partial charge in [-0.3, -0.25) is 0 Å². The average molecular weight is 225 g/mol. The summed E-state index contributed by atoms with van der Waals surface area (Å²) >= 11 is 5.27. The number of quaternary nitrogens is 1. The number of nitrogens with zero attached hydrogens (tertiary/aromatic N) is 1. The van der Waals surface area contributed by atoms with Crippen LogP contribution in [0.1, 0.15) is 13.3 Å². The normalized spacial score (nSPS) is 22.3. The largest absolute Gasteiger partial charge is 0.387 e. The predicted molar refractivity (Wildman–Crippen MR) is 59.7 cm³/mol. The highest BCUT2D eigenvalue weighted by Crippen LogP contribution is 2.08. The molecule has 1 N–H and O–H groups in total. The topological polar surface area (TPSA) is 32.8 Å². The van der Waals surface area contributed by atoms with Crippen LogP contribution in [0.25, 0.3) is 0 Å². The molecule has 0 saturated carbocycles. The zero-order valence-electron chi connectivity index (χ0n) is 9.66. The highest BCUT2D eigenvalue weighted by atomic mass is 35.5. The van der Waals surface area contributed by atoms with Gasteiger partial charge in [0.1, 0.15) is 12.6 Å². The number of likely N-dealkylation sites (N-methyl/N-ethyl adjacent to an activating group) is 1. The van der Waals surface area contributed by atoms with Crippen LogP contribution in [0.5, 0.6) is 0 Å². The Morgan fingerprint density at radius 2 is 2.00 bits per heavy atom. The van der Waals surface area contributed by atoms with Gasteiger partial charge in [-0.1, -0.05) is 6.92 Å². The number of epoxide rings is 1. The second-order valence-electron chi connectivity index (χ2n) is 4.64. The summed E-state index contributed by atoms with van der Waals surface area (Å²) in [6.07, 6.45) is 1.12. The van der Waals surface area contributed by atoms with Crippen molar-refractivity contribution in [3.8, 4) is 0 Å². The van der Waals surface area contributed by atoms with Crippen LogP contribution in [0.2, 0.25) is 0 Å². The zero-order chi connectivity index (χ0) is 11.2. The van der Waals surface area contributed by atoms with Crippen LogP contribution in [0.15, 0.2) is 0 Å². The van der Waals surface area contributed by atoms with E-state index in [4.69, 9.17) is 16.3 Å². The van der Waals surface area contributed by atoms with Gasteiger partial charge in [0.05, 0.1) is 39.7 Å². The van der Waals surface area contributed by atoms with E-state index in [1.165, 1.54) is 0 Å². The highest BCUT2D eigenvalue weighted by Gasteiger charge is 2.19. The minimum Gasteiger partial charge on any atom is -0.387 e. The van der Waals surface area contributed by atoms with Crippen molar-refractivity contribution in [2.45, 2.75) is 25.6 Å². The van der Waals surface area contributed by atoms with Crippen LogP contribution in [-0.2, 0) is 4.74 Å². The minimum atomic E-state index is -0.134. The van der Waals surface area contributed by atoms with Gasteiger partial charge in [0.15, 0.2) is 0 Å². The lowest BCUT2D eigenvalue weighted by atomic mass is 10.2. The Labute approximate surface area is 92.2 Å². The second kappa shape index (κ2) is 6.62. The van der Waals surface area contributed by atoms with Crippen molar-refractivity contribution in [1.82, 2.24) is 0 Å². The van der Waals surface area contributed by atoms with E-state index in [1.807, 2.05) is 6.92 Å². The molecule has 1 aliphatic rings. The quantitative estimate of drug-likeness (QED) is 0.441. The van der Waals surface area contributed by atoms with Crippen molar-refractivity contribution in [1.29, 1.82) is 0 Å². The number of aliphatic hydroxyl groups is 1. The van der Waals surface area contributed by atoms with Crippen molar-refractivity contribution in [3.63, 3.8) is 0 Å². The fourth-order valence-electron chi connectivity index (χ4n) is 0.918. The van der Waals surface area contributed by atoms with Crippen molar-refractivity contribution in [2.75, 3.05) is 40.2 Å². The first-order valence-corrected chi connectivity index (χ1v) is 5.58. The lowest BCUT2D eigenvalue weighted by Gasteiger charge is -2.26. The second-order valence-corrected chi connectivity index (χ2v) is 4.95. The zero-order valence-corrected chi connectivity index (χ0v) is 10.4. The van der Waals surface area contributed by atoms with Crippen LogP contribution < -0.4 is 0 Å². The van der Waals surface area contributed by atoms with E-state index in [9.17, 15) is 5.11 Å². The molecule has 1 fully saturated rings. The van der Waals surface area contributed by atoms with E-state index >= 15 is 0 Å². The number of hydrogen-bond donors (Lipinski definition) is 1. The molecule has 0 aromatic heterocycles. The molecule has 1 aliphatic heterocycles. The molecular formula is C10H23ClNO2+. The summed E-state index contributed by atoms with van der Waals surface area (Å²) in [7, 11) is 6.25. The van der Waals surface area contributed by atoms with Crippen LogP contribution >= 0.6 is 11.6 Å². The summed E-state index contributed by atoms with van der Waals surface area (Å²) < 4.78 is 5.57. The fourth-order valence-corrected chi connectivity index (χ4v) is 1.10. The third kappa shape index (κ3) is 10.3. The Balaban J connectivity index is 0.000000280. The molecule has 14 heavy (non-hydrogen) atoms. The first-order chi connectivity index (χ1) is 6.39. The van der Waals surface area contributed by atoms with Gasteiger partial charge >= 0.3 is 0 Å². The van der Waals surface area contributed by atoms with Gasteiger partial charge < -0.3 is 14.3 Å². The Kier molecular flexibility index (Phi) is 6.70. The summed E-state index contributed by atoms with van der Waals surface area (Å²) in [6.45, 7) is 3.72. The molecule has 1 rings (SSSR count). The van der Waals surface area contributed by atoms with Crippen molar-refractivity contribution < 1.29 is 14.3 Å². The lowest BCUT2D eigenvalue weighted by molar-refractivity contribution is -0.873. The molecular weight excluding hydrogens is 202 g/mol. The van der Waals surface area contributed by atoms with E-state index < -0.39 is 0 Å². The molecule has 0 amide bonds. The average Bonchev–Trinajstić information content (AvgIpc) is 2.84. The van der Waals surface area contributed by atoms with Gasteiger partial charge in [-0.2, -0.15) is 0 Å². The molecule has 0 aromatic rings. The number of aliphatic hydroxyl groups excluding tert-OH is 1. The van der Waals surface area contributed by atoms with Crippen molar-refractivity contribution in [3.05, 3.63) is 0 Å². The SMILES string of the molecule is CCC(O)C[N+](C)(C)C.ClCC1CO1. The van der Waals surface area contributed by atoms with E-state index in [-0.39, 0.29) is 6.10 Å². The Morgan fingerprint density at radius 3 is 2.07 bits per heavy atom. The monoisotopic (exact) mass is 224 g/mol. The summed E-state index contributed by atoms with van der Waals surface area (Å²) in [4.78, 5) is 0. The molecule has 3 nitrogen and oxygen atoms in total. The molecule has 0 bridgehead atoms. The van der Waals surface area contributed by atoms with Crippen molar-refractivity contribution >= 4 is 11.6 Å². The Hall–Kier alpha value is 0.170. The molecule has 0 spiro atoms. The summed E-state index contributed by atoms with van der Waals surface area (Å²) in [6, 6.07) is 0. The minimum absolute atomic E-state index is 0.134. The van der Waals surface area contributed by atoms with Crippen LogP contribution in [0, 0.1) is 0 Å². The Bertz CT molecular complexity index is 144. The highest BCUT2D eigenvalue weighted by molar-refractivity contribution is 6.18. The lowest BCUT2D eigenvalue weighted by Crippen LogP contribution is -2.41. The first-order valence-electron chi connectivity index (χ1n) is 5.05. The standard InChI is InChI=1S/C7H18NO.C3H5ClO/c1-5-7(9)6-8(2,3)4;4-1-3-2-5-3/h7,9H,5-6H2,1-4H3;3H,1-2H2/q+1;. The van der Waals surface area contributed by atoms with Crippen molar-refractivity contribution in [2.24, 2.45) is 0 Å². The van der Waals surface area contributed by atoms with Gasteiger partial charge in [-0.25, -0.2) is 0 Å². The summed E-state index contributed by atoms with van der Waals surface area (Å²) in [5.74, 6) is 0.667. The van der Waals surface area contributed by atoms with E-state index in [1.54, 1.807) is 0 Å². The summed E-state index contributed by atoms with van der Waals surface area (Å²) in [5, 5.41) is 9.18. The maximum absolute atomic E-state index is 9.18. The molecule has 0 radical (unpaired) electrons. The number of alkyl halides is 1. The third-order valence-corrected chi connectivity index (χ3v) is 2.15. The smallest absolute Gasteiger partial charge is 0.104 e. The third-order valence-electron chi connectivity index (χ3n) is 1.80. The van der Waals surface area contributed by atoms with Crippen LogP contribution in [-0.4, -0.2) is 62.0 Å². The fraction of sp³-hybridized carbons (Fsp3) is 1.00. The molecule has 0 aliphatic carbocycles. The number of hydrogen-bond acceptors (Lipinski definition) is 2. The number of halogens is 1. The van der Waals surface area contributed by atoms with Gasteiger partial charge in [-0.05, 0) is 6.42 Å². The number of ether oxygens (including phenoxy) is 1. The predicted octanol–water partition coefficient (Wildman–Crippen LogP) is 1.09. The van der Waals surface area contributed by atoms with Gasteiger partial charge in [-0.15, -0.1) is 11.6 Å². The first kappa shape index (κ1) is 14.2. The van der Waals surface area contributed by atoms with Crippen LogP contribution in [0.4, 0.5) is 0 Å². The molecule has 4 heteroatoms. The van der Waals surface area contributed by atoms with Crippen LogP contribution in [0.3, 0.4) is 0 Å². The van der Waals surface area contributed by atoms with Gasteiger partial charge in [0.2, 0.25) is 0 Å². The maximum Gasteiger partial charge on any atom is 0.104 e. The molecule has 2 atom stereocenters. The molecule has 2 unspecified atom stereocenters. The van der Waals surface area contributed by atoms with Gasteiger partial charge in [0, 0.05) is 0 Å². The maximum atomic E-state index is 9.18. The Morgan fingerprint density at radius 1 is 1.50 bits per heavy atom. The molecule has 1 saturated heterocycles. The van der Waals surface area contributed by atoms with E-state index in [0.29, 0.717) is 12.0 Å². The van der Waals surface area contributed by atoms with E-state index in [0.717, 1.165) is 24.1 Å².